The third-order valence-corrected chi connectivity index (χ3v) is 1.96. The molecule has 0 radical (unpaired) electrons. The predicted molar refractivity (Wildman–Crippen MR) is 37.0 cm³/mol. The number of nitrogens with zero attached hydrogens (tertiary/aromatic N) is 1. The molecular weight excluding hydrogens is 152 g/mol. The number of nitrogens with one attached hydrogen (secondary N) is 1. The molecule has 0 aromatic carbocycles. The van der Waals surface area contributed by atoms with Gasteiger partial charge in [0.15, 0.2) is 5.15 Å². The summed E-state index contributed by atoms with van der Waals surface area (Å²) in [6.45, 7) is 1.37. The Bertz CT molecular complexity index is 246. The lowest BCUT2D eigenvalue weighted by molar-refractivity contribution is 0.110. The lowest BCUT2D eigenvalue weighted by Gasteiger charge is -2.10. The normalized spacial score (nSPS) is 16.9. The van der Waals surface area contributed by atoms with E-state index in [0.29, 0.717) is 11.8 Å². The van der Waals surface area contributed by atoms with Gasteiger partial charge >= 0.3 is 0 Å². The van der Waals surface area contributed by atoms with Crippen LogP contribution in [0.4, 0.5) is 0 Å². The number of fused-ring (bicyclic) bond motifs is 1. The standard InChI is InChI=1S/C6H7ClN2O/c7-6-4-3-10-2-1-5(4)8-9-6/h1-3H2,(H,8,9). The summed E-state index contributed by atoms with van der Waals surface area (Å²) in [6, 6.07) is 0. The molecule has 0 fully saturated rings. The molecule has 0 atom stereocenters. The van der Waals surface area contributed by atoms with Crippen LogP contribution < -0.4 is 0 Å². The Morgan fingerprint density at radius 2 is 2.50 bits per heavy atom. The molecular formula is C6H7ClN2O. The lowest BCUT2D eigenvalue weighted by Crippen LogP contribution is -2.08. The van der Waals surface area contributed by atoms with Crippen LogP contribution in [-0.4, -0.2) is 16.8 Å². The Morgan fingerprint density at radius 3 is 3.30 bits per heavy atom. The first kappa shape index (κ1) is 6.19. The van der Waals surface area contributed by atoms with E-state index in [1.807, 2.05) is 0 Å². The Kier molecular flexibility index (Phi) is 1.39. The van der Waals surface area contributed by atoms with Gasteiger partial charge in [-0.15, -0.1) is 0 Å². The van der Waals surface area contributed by atoms with Gasteiger partial charge in [0.2, 0.25) is 0 Å². The van der Waals surface area contributed by atoms with Gasteiger partial charge in [-0.3, -0.25) is 5.10 Å². The molecule has 0 spiro atoms. The summed E-state index contributed by atoms with van der Waals surface area (Å²) in [4.78, 5) is 0. The van der Waals surface area contributed by atoms with Crippen LogP contribution in [0.1, 0.15) is 11.3 Å². The molecule has 4 heteroatoms. The minimum Gasteiger partial charge on any atom is -0.376 e. The molecule has 0 amide bonds. The van der Waals surface area contributed by atoms with Crippen molar-refractivity contribution in [3.63, 3.8) is 0 Å². The maximum absolute atomic E-state index is 5.74. The van der Waals surface area contributed by atoms with Crippen molar-refractivity contribution in [2.75, 3.05) is 6.61 Å². The second-order valence-corrected chi connectivity index (χ2v) is 2.63. The molecule has 3 nitrogen and oxygen atoms in total. The fourth-order valence-electron chi connectivity index (χ4n) is 1.08. The van der Waals surface area contributed by atoms with Crippen LogP contribution in [0.25, 0.3) is 0 Å². The maximum Gasteiger partial charge on any atom is 0.156 e. The van der Waals surface area contributed by atoms with E-state index < -0.39 is 0 Å². The van der Waals surface area contributed by atoms with E-state index >= 15 is 0 Å². The van der Waals surface area contributed by atoms with Crippen molar-refractivity contribution in [1.29, 1.82) is 0 Å². The average molecular weight is 159 g/mol. The highest BCUT2D eigenvalue weighted by atomic mass is 35.5. The second-order valence-electron chi connectivity index (χ2n) is 2.27. The molecule has 0 unspecified atom stereocenters. The number of halogens is 1. The molecule has 1 aromatic heterocycles. The number of H-pyrrole nitrogens is 1. The molecule has 1 aliphatic heterocycles. The number of hydrogen-bond donors (Lipinski definition) is 1. The van der Waals surface area contributed by atoms with Gasteiger partial charge in [0, 0.05) is 17.7 Å². The summed E-state index contributed by atoms with van der Waals surface area (Å²) in [6.07, 6.45) is 0.898. The fourth-order valence-corrected chi connectivity index (χ4v) is 1.29. The summed E-state index contributed by atoms with van der Waals surface area (Å²) in [5, 5.41) is 7.27. The molecule has 2 rings (SSSR count). The van der Waals surface area contributed by atoms with Gasteiger partial charge in [-0.05, 0) is 0 Å². The molecule has 10 heavy (non-hydrogen) atoms. The summed E-state index contributed by atoms with van der Waals surface area (Å²) < 4.78 is 5.19. The van der Waals surface area contributed by atoms with Gasteiger partial charge < -0.3 is 4.74 Å². The van der Waals surface area contributed by atoms with Crippen LogP contribution in [0.3, 0.4) is 0 Å². The number of rotatable bonds is 0. The highest BCUT2D eigenvalue weighted by Gasteiger charge is 2.14. The van der Waals surface area contributed by atoms with E-state index in [4.69, 9.17) is 16.3 Å². The Balaban J connectivity index is 2.45. The predicted octanol–water partition coefficient (Wildman–Crippen LogP) is 1.14. The zero-order valence-corrected chi connectivity index (χ0v) is 6.11. The van der Waals surface area contributed by atoms with Gasteiger partial charge in [-0.2, -0.15) is 5.10 Å². The molecule has 2 heterocycles. The number of aromatic nitrogens is 2. The molecule has 1 aliphatic rings. The molecule has 0 aliphatic carbocycles. The number of ether oxygens (including phenoxy) is 1. The Labute approximate surface area is 63.3 Å². The van der Waals surface area contributed by atoms with E-state index in [2.05, 4.69) is 10.2 Å². The highest BCUT2D eigenvalue weighted by molar-refractivity contribution is 6.30. The fraction of sp³-hybridized carbons (Fsp3) is 0.500. The average Bonchev–Trinajstić information content (AvgIpc) is 2.34. The molecule has 0 saturated carbocycles. The zero-order valence-electron chi connectivity index (χ0n) is 5.35. The minimum absolute atomic E-state index is 0.551. The highest BCUT2D eigenvalue weighted by Crippen LogP contribution is 2.21. The number of aromatic amines is 1. The van der Waals surface area contributed by atoms with E-state index in [-0.39, 0.29) is 0 Å². The number of hydrogen-bond acceptors (Lipinski definition) is 2. The largest absolute Gasteiger partial charge is 0.376 e. The smallest absolute Gasteiger partial charge is 0.156 e. The first-order valence-electron chi connectivity index (χ1n) is 3.17. The first-order chi connectivity index (χ1) is 4.88. The van der Waals surface area contributed by atoms with Crippen LogP contribution >= 0.6 is 11.6 Å². The van der Waals surface area contributed by atoms with Gasteiger partial charge in [0.05, 0.1) is 13.2 Å². The van der Waals surface area contributed by atoms with Gasteiger partial charge in [0.25, 0.3) is 0 Å². The van der Waals surface area contributed by atoms with Crippen LogP contribution in [-0.2, 0) is 17.8 Å². The van der Waals surface area contributed by atoms with E-state index in [1.165, 1.54) is 0 Å². The van der Waals surface area contributed by atoms with Crippen molar-refractivity contribution in [1.82, 2.24) is 10.2 Å². The van der Waals surface area contributed by atoms with Gasteiger partial charge in [-0.1, -0.05) is 11.6 Å². The van der Waals surface area contributed by atoms with Crippen LogP contribution in [0.15, 0.2) is 0 Å². The monoisotopic (exact) mass is 158 g/mol. The van der Waals surface area contributed by atoms with Crippen molar-refractivity contribution < 1.29 is 4.74 Å². The van der Waals surface area contributed by atoms with Crippen LogP contribution in [0, 0.1) is 0 Å². The van der Waals surface area contributed by atoms with E-state index in [0.717, 1.165) is 24.3 Å². The summed E-state index contributed by atoms with van der Waals surface area (Å²) in [5.41, 5.74) is 2.14. The van der Waals surface area contributed by atoms with Crippen molar-refractivity contribution in [3.8, 4) is 0 Å². The first-order valence-corrected chi connectivity index (χ1v) is 3.55. The van der Waals surface area contributed by atoms with Crippen molar-refractivity contribution in [2.24, 2.45) is 0 Å². The second kappa shape index (κ2) is 2.25. The van der Waals surface area contributed by atoms with E-state index in [1.54, 1.807) is 0 Å². The SMILES string of the molecule is Clc1n[nH]c2c1COCC2. The van der Waals surface area contributed by atoms with Gasteiger partial charge in [0.1, 0.15) is 0 Å². The quantitative estimate of drug-likeness (QED) is 0.615. The van der Waals surface area contributed by atoms with Crippen molar-refractivity contribution in [2.45, 2.75) is 13.0 Å². The van der Waals surface area contributed by atoms with Crippen LogP contribution in [0.5, 0.6) is 0 Å². The topological polar surface area (TPSA) is 37.9 Å². The summed E-state index contributed by atoms with van der Waals surface area (Å²) in [7, 11) is 0. The molecule has 0 saturated heterocycles. The van der Waals surface area contributed by atoms with Gasteiger partial charge in [-0.25, -0.2) is 0 Å². The summed E-state index contributed by atoms with van der Waals surface area (Å²) in [5.74, 6) is 0. The van der Waals surface area contributed by atoms with E-state index in [9.17, 15) is 0 Å². The molecule has 1 aromatic rings. The molecule has 1 N–H and O–H groups in total. The Morgan fingerprint density at radius 1 is 1.60 bits per heavy atom. The molecule has 0 bridgehead atoms. The summed E-state index contributed by atoms with van der Waals surface area (Å²) >= 11 is 5.74. The Hall–Kier alpha value is -0.540. The molecule has 54 valence electrons. The van der Waals surface area contributed by atoms with Crippen molar-refractivity contribution in [3.05, 3.63) is 16.4 Å². The third kappa shape index (κ3) is 0.822. The third-order valence-electron chi connectivity index (χ3n) is 1.65. The van der Waals surface area contributed by atoms with Crippen molar-refractivity contribution >= 4 is 11.6 Å². The maximum atomic E-state index is 5.74. The zero-order chi connectivity index (χ0) is 6.97. The lowest BCUT2D eigenvalue weighted by atomic mass is 10.2. The van der Waals surface area contributed by atoms with Crippen LogP contribution in [0.2, 0.25) is 5.15 Å². The minimum atomic E-state index is 0.551.